The van der Waals surface area contributed by atoms with E-state index in [1.807, 2.05) is 7.05 Å². The lowest BCUT2D eigenvalue weighted by atomic mass is 10.2. The number of Topliss-reactive ketones (excluding diaryl/α,β-unsaturated/α-hetero) is 1. The van der Waals surface area contributed by atoms with E-state index in [1.165, 1.54) is 12.1 Å². The molecule has 5 heteroatoms. The van der Waals surface area contributed by atoms with Gasteiger partial charge in [0.2, 0.25) is 5.78 Å². The average Bonchev–Trinajstić information content (AvgIpc) is 2.74. The van der Waals surface area contributed by atoms with Gasteiger partial charge in [-0.25, -0.2) is 4.39 Å². The molecule has 1 aromatic heterocycles. The van der Waals surface area contributed by atoms with Crippen molar-refractivity contribution in [1.29, 1.82) is 0 Å². The molecule has 2 aromatic rings. The predicted molar refractivity (Wildman–Crippen MR) is 66.6 cm³/mol. The number of ether oxygens (including phenoxy) is 1. The lowest BCUT2D eigenvalue weighted by Crippen LogP contribution is -2.11. The van der Waals surface area contributed by atoms with Gasteiger partial charge >= 0.3 is 0 Å². The molecule has 1 heterocycles. The molecule has 0 bridgehead atoms. The van der Waals surface area contributed by atoms with Crippen LogP contribution in [0.25, 0.3) is 0 Å². The van der Waals surface area contributed by atoms with Crippen LogP contribution in [0.1, 0.15) is 10.4 Å². The zero-order chi connectivity index (χ0) is 13.1. The maximum Gasteiger partial charge on any atom is 0.201 e. The first-order chi connectivity index (χ1) is 8.56. The molecule has 0 fully saturated rings. The Balaban J connectivity index is 2.01. The fourth-order valence-electron chi connectivity index (χ4n) is 1.49. The van der Waals surface area contributed by atoms with E-state index in [9.17, 15) is 9.18 Å². The molecule has 0 N–H and O–H groups in total. The summed E-state index contributed by atoms with van der Waals surface area (Å²) in [5, 5.41) is 0.149. The Bertz CT molecular complexity index is 580. The number of hydrogen-bond acceptors (Lipinski definition) is 2. The second kappa shape index (κ2) is 5.23. The summed E-state index contributed by atoms with van der Waals surface area (Å²) in [7, 11) is 1.83. The van der Waals surface area contributed by atoms with Crippen molar-refractivity contribution < 1.29 is 13.9 Å². The van der Waals surface area contributed by atoms with Crippen molar-refractivity contribution in [1.82, 2.24) is 4.57 Å². The molecule has 1 aromatic carbocycles. The van der Waals surface area contributed by atoms with Gasteiger partial charge in [0.15, 0.2) is 6.61 Å². The molecular weight excluding hydrogens is 257 g/mol. The Morgan fingerprint density at radius 2 is 2.22 bits per heavy atom. The van der Waals surface area contributed by atoms with Crippen LogP contribution in [0.5, 0.6) is 5.75 Å². The van der Waals surface area contributed by atoms with Gasteiger partial charge in [-0.3, -0.25) is 4.79 Å². The predicted octanol–water partition coefficient (Wildman–Crippen LogP) is 3.08. The highest BCUT2D eigenvalue weighted by Crippen LogP contribution is 2.24. The summed E-state index contributed by atoms with van der Waals surface area (Å²) >= 11 is 5.78. The SMILES string of the molecule is Cn1ccc(C(=O)COc2ccc(F)cc2Cl)c1. The van der Waals surface area contributed by atoms with E-state index in [0.717, 1.165) is 6.07 Å². The zero-order valence-corrected chi connectivity index (χ0v) is 10.4. The highest BCUT2D eigenvalue weighted by atomic mass is 35.5. The third-order valence-electron chi connectivity index (χ3n) is 2.41. The van der Waals surface area contributed by atoms with Gasteiger partial charge in [0.25, 0.3) is 0 Å². The van der Waals surface area contributed by atoms with Gasteiger partial charge in [0, 0.05) is 25.0 Å². The van der Waals surface area contributed by atoms with E-state index >= 15 is 0 Å². The fourth-order valence-corrected chi connectivity index (χ4v) is 1.71. The Hall–Kier alpha value is -1.81. The van der Waals surface area contributed by atoms with Gasteiger partial charge in [-0.1, -0.05) is 11.6 Å². The molecule has 3 nitrogen and oxygen atoms in total. The van der Waals surface area contributed by atoms with Crippen molar-refractivity contribution in [3.63, 3.8) is 0 Å². The molecule has 0 unspecified atom stereocenters. The summed E-state index contributed by atoms with van der Waals surface area (Å²) in [6.45, 7) is -0.130. The molecule has 2 rings (SSSR count). The minimum Gasteiger partial charge on any atom is -0.484 e. The number of aromatic nitrogens is 1. The topological polar surface area (TPSA) is 31.2 Å². The summed E-state index contributed by atoms with van der Waals surface area (Å²) in [6.07, 6.45) is 3.48. The van der Waals surface area contributed by atoms with Crippen LogP contribution in [0.2, 0.25) is 5.02 Å². The van der Waals surface area contributed by atoms with E-state index < -0.39 is 5.82 Å². The zero-order valence-electron chi connectivity index (χ0n) is 9.69. The summed E-state index contributed by atoms with van der Waals surface area (Å²) in [5.41, 5.74) is 0.565. The monoisotopic (exact) mass is 267 g/mol. The van der Waals surface area contributed by atoms with Gasteiger partial charge in [0.1, 0.15) is 11.6 Å². The molecule has 18 heavy (non-hydrogen) atoms. The largest absolute Gasteiger partial charge is 0.484 e. The number of carbonyl (C=O) groups is 1. The first kappa shape index (κ1) is 12.6. The molecule has 0 aliphatic heterocycles. The first-order valence-corrected chi connectivity index (χ1v) is 5.67. The summed E-state index contributed by atoms with van der Waals surface area (Å²) < 4.78 is 19.8. The van der Waals surface area contributed by atoms with Crippen LogP contribution in [-0.4, -0.2) is 17.0 Å². The Morgan fingerprint density at radius 1 is 1.44 bits per heavy atom. The number of rotatable bonds is 4. The van der Waals surface area contributed by atoms with Crippen LogP contribution in [0.3, 0.4) is 0 Å². The fraction of sp³-hybridized carbons (Fsp3) is 0.154. The number of benzene rings is 1. The highest BCUT2D eigenvalue weighted by molar-refractivity contribution is 6.32. The van der Waals surface area contributed by atoms with E-state index in [0.29, 0.717) is 11.3 Å². The number of nitrogens with zero attached hydrogens (tertiary/aromatic N) is 1. The normalized spacial score (nSPS) is 10.4. The van der Waals surface area contributed by atoms with Crippen LogP contribution < -0.4 is 4.74 Å². The number of aryl methyl sites for hydroxylation is 1. The summed E-state index contributed by atoms with van der Waals surface area (Å²) in [6, 6.07) is 5.48. The summed E-state index contributed by atoms with van der Waals surface area (Å²) in [4.78, 5) is 11.8. The van der Waals surface area contributed by atoms with Gasteiger partial charge in [0.05, 0.1) is 5.02 Å². The third-order valence-corrected chi connectivity index (χ3v) is 2.70. The van der Waals surface area contributed by atoms with Gasteiger partial charge < -0.3 is 9.30 Å². The van der Waals surface area contributed by atoms with Gasteiger partial charge in [-0.15, -0.1) is 0 Å². The number of carbonyl (C=O) groups excluding carboxylic acids is 1. The molecular formula is C13H11ClFNO2. The van der Waals surface area contributed by atoms with E-state index in [1.54, 1.807) is 23.0 Å². The van der Waals surface area contributed by atoms with E-state index in [4.69, 9.17) is 16.3 Å². The van der Waals surface area contributed by atoms with Crippen LogP contribution in [-0.2, 0) is 7.05 Å². The maximum absolute atomic E-state index is 12.8. The van der Waals surface area contributed by atoms with E-state index in [-0.39, 0.29) is 17.4 Å². The molecule has 0 spiro atoms. The van der Waals surface area contributed by atoms with Crippen LogP contribution in [0.4, 0.5) is 4.39 Å². The lowest BCUT2D eigenvalue weighted by molar-refractivity contribution is 0.0921. The standard InChI is InChI=1S/C13H11ClFNO2/c1-16-5-4-9(7-16)12(17)8-18-13-3-2-10(15)6-11(13)14/h2-7H,8H2,1H3. The van der Waals surface area contributed by atoms with E-state index in [2.05, 4.69) is 0 Å². The number of ketones is 1. The van der Waals surface area contributed by atoms with Gasteiger partial charge in [-0.05, 0) is 24.3 Å². The Morgan fingerprint density at radius 3 is 2.83 bits per heavy atom. The minimum atomic E-state index is -0.443. The average molecular weight is 268 g/mol. The molecule has 94 valence electrons. The number of halogens is 2. The second-order valence-electron chi connectivity index (χ2n) is 3.85. The summed E-state index contributed by atoms with van der Waals surface area (Å²) in [5.74, 6) is -0.305. The molecule has 0 aliphatic carbocycles. The second-order valence-corrected chi connectivity index (χ2v) is 4.26. The van der Waals surface area contributed by atoms with Crippen molar-refractivity contribution in [3.8, 4) is 5.75 Å². The molecule has 0 radical (unpaired) electrons. The molecule has 0 amide bonds. The minimum absolute atomic E-state index is 0.130. The molecule has 0 saturated heterocycles. The van der Waals surface area contributed by atoms with Crippen LogP contribution in [0.15, 0.2) is 36.7 Å². The maximum atomic E-state index is 12.8. The van der Waals surface area contributed by atoms with Gasteiger partial charge in [-0.2, -0.15) is 0 Å². The smallest absolute Gasteiger partial charge is 0.201 e. The van der Waals surface area contributed by atoms with Crippen molar-refractivity contribution >= 4 is 17.4 Å². The quantitative estimate of drug-likeness (QED) is 0.797. The van der Waals surface area contributed by atoms with Crippen LogP contribution >= 0.6 is 11.6 Å². The lowest BCUT2D eigenvalue weighted by Gasteiger charge is -2.06. The van der Waals surface area contributed by atoms with Crippen LogP contribution in [0, 0.1) is 5.82 Å². The molecule has 0 atom stereocenters. The Kier molecular flexibility index (Phi) is 3.67. The first-order valence-electron chi connectivity index (χ1n) is 5.29. The third kappa shape index (κ3) is 2.90. The highest BCUT2D eigenvalue weighted by Gasteiger charge is 2.09. The van der Waals surface area contributed by atoms with Crippen molar-refractivity contribution in [2.24, 2.45) is 7.05 Å². The number of hydrogen-bond donors (Lipinski definition) is 0. The Labute approximate surface area is 109 Å². The molecule has 0 saturated carbocycles. The molecule has 0 aliphatic rings. The van der Waals surface area contributed by atoms with Crippen molar-refractivity contribution in [3.05, 3.63) is 53.1 Å². The van der Waals surface area contributed by atoms with Crippen molar-refractivity contribution in [2.45, 2.75) is 0 Å². The van der Waals surface area contributed by atoms with Crippen molar-refractivity contribution in [2.75, 3.05) is 6.61 Å².